The summed E-state index contributed by atoms with van der Waals surface area (Å²) in [5.74, 6) is -0.543. The number of benzene rings is 1. The number of amides is 2. The van der Waals surface area contributed by atoms with Crippen molar-refractivity contribution in [1.29, 1.82) is 0 Å². The molecule has 2 amide bonds. The summed E-state index contributed by atoms with van der Waals surface area (Å²) < 4.78 is 20.7. The van der Waals surface area contributed by atoms with E-state index in [9.17, 15) is 9.59 Å². The van der Waals surface area contributed by atoms with Gasteiger partial charge in [0.05, 0.1) is 17.3 Å². The van der Waals surface area contributed by atoms with Gasteiger partial charge in [0.1, 0.15) is 11.4 Å². The highest BCUT2D eigenvalue weighted by Gasteiger charge is 2.47. The lowest BCUT2D eigenvalue weighted by Crippen LogP contribution is -2.66. The summed E-state index contributed by atoms with van der Waals surface area (Å²) in [6.45, 7) is 8.70. The van der Waals surface area contributed by atoms with E-state index < -0.39 is 11.4 Å². The fourth-order valence-corrected chi connectivity index (χ4v) is 4.29. The summed E-state index contributed by atoms with van der Waals surface area (Å²) in [7, 11) is 0. The highest BCUT2D eigenvalue weighted by atomic mass is 19.1. The van der Waals surface area contributed by atoms with Crippen LogP contribution in [0, 0.1) is 18.7 Å². The van der Waals surface area contributed by atoms with Crippen LogP contribution < -0.4 is 0 Å². The van der Waals surface area contributed by atoms with Crippen LogP contribution in [0.5, 0.6) is 0 Å². The van der Waals surface area contributed by atoms with E-state index in [-0.39, 0.29) is 23.6 Å². The van der Waals surface area contributed by atoms with Crippen LogP contribution in [0.2, 0.25) is 0 Å². The van der Waals surface area contributed by atoms with Crippen LogP contribution in [-0.4, -0.2) is 58.1 Å². The predicted molar refractivity (Wildman–Crippen MR) is 115 cm³/mol. The number of aromatic nitrogens is 1. The molecule has 3 heterocycles. The van der Waals surface area contributed by atoms with Gasteiger partial charge in [-0.1, -0.05) is 18.2 Å². The van der Waals surface area contributed by atoms with Gasteiger partial charge in [0.2, 0.25) is 0 Å². The normalized spacial score (nSPS) is 20.7. The Morgan fingerprint density at radius 2 is 1.94 bits per heavy atom. The number of halogens is 1. The molecule has 2 aromatic rings. The summed E-state index contributed by atoms with van der Waals surface area (Å²) in [5, 5.41) is 0. The highest BCUT2D eigenvalue weighted by molar-refractivity contribution is 6.01. The molecular weight excluding hydrogens is 397 g/mol. The molecule has 31 heavy (non-hydrogen) atoms. The Hall–Kier alpha value is -2.96. The molecule has 164 valence electrons. The summed E-state index contributed by atoms with van der Waals surface area (Å²) >= 11 is 0. The van der Waals surface area contributed by atoms with Gasteiger partial charge in [-0.05, 0) is 51.8 Å². The third-order valence-electron chi connectivity index (χ3n) is 5.96. The second-order valence-electron chi connectivity index (χ2n) is 9.33. The predicted octanol–water partition coefficient (Wildman–Crippen LogP) is 4.28. The number of rotatable bonds is 2. The fraction of sp³-hybridized carbons (Fsp3) is 0.458. The Balaban J connectivity index is 1.58. The van der Waals surface area contributed by atoms with Gasteiger partial charge in [-0.15, -0.1) is 0 Å². The molecule has 2 fully saturated rings. The van der Waals surface area contributed by atoms with Crippen LogP contribution in [0.1, 0.15) is 43.1 Å². The fourth-order valence-electron chi connectivity index (χ4n) is 4.29. The Bertz CT molecular complexity index is 1000. The number of carbonyl (C=O) groups is 2. The van der Waals surface area contributed by atoms with Crippen molar-refractivity contribution >= 4 is 12.0 Å². The first kappa shape index (κ1) is 21.3. The number of pyridine rings is 1. The second kappa shape index (κ2) is 7.94. The highest BCUT2D eigenvalue weighted by Crippen LogP contribution is 2.35. The van der Waals surface area contributed by atoms with Gasteiger partial charge in [0.25, 0.3) is 5.91 Å². The minimum absolute atomic E-state index is 0.0419. The van der Waals surface area contributed by atoms with Crippen molar-refractivity contribution in [3.05, 3.63) is 53.5 Å². The Morgan fingerprint density at radius 1 is 1.16 bits per heavy atom. The van der Waals surface area contributed by atoms with Crippen LogP contribution in [-0.2, 0) is 4.74 Å². The number of aryl methyl sites for hydroxylation is 1. The molecule has 2 aliphatic heterocycles. The van der Waals surface area contributed by atoms with Gasteiger partial charge < -0.3 is 14.5 Å². The molecule has 7 heteroatoms. The number of hydrogen-bond donors (Lipinski definition) is 0. The van der Waals surface area contributed by atoms with Crippen LogP contribution in [0.15, 0.2) is 36.5 Å². The monoisotopic (exact) mass is 425 g/mol. The van der Waals surface area contributed by atoms with Crippen molar-refractivity contribution in [2.75, 3.05) is 19.6 Å². The first-order chi connectivity index (χ1) is 14.7. The summed E-state index contributed by atoms with van der Waals surface area (Å²) in [6, 6.07) is 8.67. The van der Waals surface area contributed by atoms with Crippen LogP contribution in [0.3, 0.4) is 0 Å². The lowest BCUT2D eigenvalue weighted by molar-refractivity contribution is -0.0546. The molecule has 0 bridgehead atoms. The SMILES string of the molecule is Cc1ccc(-c2ccccn2)c(C(=O)N2CCC3CN(C(=O)OC(C)(C)C)C3C2)c1F. The lowest BCUT2D eigenvalue weighted by Gasteiger charge is -2.53. The van der Waals surface area contributed by atoms with Gasteiger partial charge >= 0.3 is 6.09 Å². The van der Waals surface area contributed by atoms with E-state index in [1.165, 1.54) is 0 Å². The van der Waals surface area contributed by atoms with Crippen molar-refractivity contribution in [2.45, 2.75) is 45.8 Å². The molecule has 1 aromatic carbocycles. The Morgan fingerprint density at radius 3 is 2.61 bits per heavy atom. The van der Waals surface area contributed by atoms with E-state index in [1.54, 1.807) is 47.2 Å². The minimum atomic E-state index is -0.575. The third-order valence-corrected chi connectivity index (χ3v) is 5.96. The molecule has 1 aromatic heterocycles. The number of likely N-dealkylation sites (tertiary alicyclic amines) is 2. The summed E-state index contributed by atoms with van der Waals surface area (Å²) in [5.41, 5.74) is 0.915. The molecule has 2 atom stereocenters. The maximum Gasteiger partial charge on any atom is 0.410 e. The Labute approximate surface area is 182 Å². The van der Waals surface area contributed by atoms with Crippen molar-refractivity contribution in [3.63, 3.8) is 0 Å². The molecule has 6 nitrogen and oxygen atoms in total. The van der Waals surface area contributed by atoms with Crippen molar-refractivity contribution in [2.24, 2.45) is 5.92 Å². The van der Waals surface area contributed by atoms with Crippen LogP contribution in [0.4, 0.5) is 9.18 Å². The molecule has 0 N–H and O–H groups in total. The second-order valence-corrected chi connectivity index (χ2v) is 9.33. The number of hydrogen-bond acceptors (Lipinski definition) is 4. The smallest absolute Gasteiger partial charge is 0.410 e. The van der Waals surface area contributed by atoms with Crippen molar-refractivity contribution in [1.82, 2.24) is 14.8 Å². The molecular formula is C24H28FN3O3. The van der Waals surface area contributed by atoms with Crippen molar-refractivity contribution in [3.8, 4) is 11.3 Å². The number of ether oxygens (including phenoxy) is 1. The van der Waals surface area contributed by atoms with Gasteiger partial charge in [0.15, 0.2) is 0 Å². The maximum absolute atomic E-state index is 15.2. The van der Waals surface area contributed by atoms with Crippen LogP contribution in [0.25, 0.3) is 11.3 Å². The van der Waals surface area contributed by atoms with E-state index >= 15 is 4.39 Å². The Kier molecular flexibility index (Phi) is 5.45. The topological polar surface area (TPSA) is 62.7 Å². The van der Waals surface area contributed by atoms with E-state index in [2.05, 4.69) is 4.98 Å². The minimum Gasteiger partial charge on any atom is -0.444 e. The zero-order chi connectivity index (χ0) is 22.3. The molecule has 0 aliphatic carbocycles. The molecule has 0 saturated carbocycles. The van der Waals surface area contributed by atoms with E-state index in [1.807, 2.05) is 26.8 Å². The number of fused-ring (bicyclic) bond motifs is 1. The van der Waals surface area contributed by atoms with Gasteiger partial charge in [-0.2, -0.15) is 0 Å². The zero-order valence-electron chi connectivity index (χ0n) is 18.4. The average Bonchev–Trinajstić information content (AvgIpc) is 2.69. The number of piperidine rings is 1. The van der Waals surface area contributed by atoms with E-state index in [4.69, 9.17) is 4.74 Å². The van der Waals surface area contributed by atoms with Gasteiger partial charge in [-0.3, -0.25) is 9.78 Å². The van der Waals surface area contributed by atoms with Crippen LogP contribution >= 0.6 is 0 Å². The molecule has 2 aliphatic rings. The first-order valence-electron chi connectivity index (χ1n) is 10.6. The molecule has 0 radical (unpaired) electrons. The lowest BCUT2D eigenvalue weighted by atomic mass is 9.82. The largest absolute Gasteiger partial charge is 0.444 e. The average molecular weight is 426 g/mol. The van der Waals surface area contributed by atoms with Crippen molar-refractivity contribution < 1.29 is 18.7 Å². The van der Waals surface area contributed by atoms with Gasteiger partial charge in [0, 0.05) is 37.3 Å². The van der Waals surface area contributed by atoms with E-state index in [0.29, 0.717) is 42.4 Å². The number of nitrogens with zero attached hydrogens (tertiary/aromatic N) is 3. The molecule has 2 unspecified atom stereocenters. The van der Waals surface area contributed by atoms with E-state index in [0.717, 1.165) is 6.42 Å². The molecule has 4 rings (SSSR count). The molecule has 2 saturated heterocycles. The zero-order valence-corrected chi connectivity index (χ0v) is 18.4. The summed E-state index contributed by atoms with van der Waals surface area (Å²) in [6.07, 6.45) is 2.04. The summed E-state index contributed by atoms with van der Waals surface area (Å²) in [4.78, 5) is 33.6. The quantitative estimate of drug-likeness (QED) is 0.721. The standard InChI is InChI=1S/C24H28FN3O3/c1-15-8-9-17(18-7-5-6-11-26-18)20(21(15)25)22(29)27-12-10-16-13-28(19(16)14-27)23(30)31-24(2,3)4/h5-9,11,16,19H,10,12-14H2,1-4H3. The molecule has 0 spiro atoms. The number of carbonyl (C=O) groups excluding carboxylic acids is 2. The first-order valence-corrected chi connectivity index (χ1v) is 10.6. The third kappa shape index (κ3) is 4.13. The van der Waals surface area contributed by atoms with Gasteiger partial charge in [-0.25, -0.2) is 9.18 Å². The maximum atomic E-state index is 15.2.